The number of halogens is 1. The molecule has 1 saturated carbocycles. The first kappa shape index (κ1) is 19.2. The molecule has 2 aliphatic rings. The van der Waals surface area contributed by atoms with Crippen LogP contribution in [0.5, 0.6) is 0 Å². The lowest BCUT2D eigenvalue weighted by molar-refractivity contribution is 0.0559. The van der Waals surface area contributed by atoms with Crippen LogP contribution < -0.4 is 0 Å². The molecular weight excluding hydrogens is 358 g/mol. The largest absolute Gasteiger partial charge is 0.302 e. The maximum atomic E-state index is 11.3. The van der Waals surface area contributed by atoms with Gasteiger partial charge in [-0.2, -0.15) is 8.42 Å². The molecule has 0 unspecified atom stereocenters. The van der Waals surface area contributed by atoms with Crippen LogP contribution in [-0.4, -0.2) is 45.8 Å². The van der Waals surface area contributed by atoms with Crippen molar-refractivity contribution in [3.8, 4) is 0 Å². The molecule has 1 aliphatic heterocycles. The van der Waals surface area contributed by atoms with Gasteiger partial charge in [-0.15, -0.1) is 0 Å². The van der Waals surface area contributed by atoms with Crippen molar-refractivity contribution < 1.29 is 12.6 Å². The zero-order chi connectivity index (χ0) is 18.1. The van der Waals surface area contributed by atoms with Crippen molar-refractivity contribution >= 4 is 21.7 Å². The molecular formula is C19H28ClNO3S. The van der Waals surface area contributed by atoms with Gasteiger partial charge in [0.1, 0.15) is 0 Å². The molecule has 0 N–H and O–H groups in total. The second-order valence-corrected chi connectivity index (χ2v) is 9.97. The van der Waals surface area contributed by atoms with Crippen LogP contribution in [0.1, 0.15) is 38.2 Å². The Morgan fingerprint density at radius 3 is 2.52 bits per heavy atom. The number of benzene rings is 1. The predicted octanol–water partition coefficient (Wildman–Crippen LogP) is 3.70. The molecule has 1 saturated heterocycles. The van der Waals surface area contributed by atoms with Gasteiger partial charge in [0.2, 0.25) is 0 Å². The minimum absolute atomic E-state index is 0.230. The van der Waals surface area contributed by atoms with Crippen LogP contribution in [0.25, 0.3) is 0 Å². The third-order valence-electron chi connectivity index (χ3n) is 5.99. The first-order valence-electron chi connectivity index (χ1n) is 9.10. The Bertz CT molecular complexity index is 685. The Hall–Kier alpha value is -0.620. The van der Waals surface area contributed by atoms with Gasteiger partial charge in [-0.1, -0.05) is 37.1 Å². The highest BCUT2D eigenvalue weighted by atomic mass is 35.5. The molecule has 0 radical (unpaired) electrons. The Labute approximate surface area is 156 Å². The summed E-state index contributed by atoms with van der Waals surface area (Å²) in [7, 11) is -3.37. The predicted molar refractivity (Wildman–Crippen MR) is 101 cm³/mol. The Morgan fingerprint density at radius 1 is 1.28 bits per heavy atom. The monoisotopic (exact) mass is 385 g/mol. The van der Waals surface area contributed by atoms with E-state index in [-0.39, 0.29) is 11.3 Å². The van der Waals surface area contributed by atoms with Gasteiger partial charge in [-0.25, -0.2) is 0 Å². The summed E-state index contributed by atoms with van der Waals surface area (Å²) in [6.07, 6.45) is 5.92. The minimum atomic E-state index is -3.37. The van der Waals surface area contributed by atoms with E-state index in [1.807, 2.05) is 12.1 Å². The van der Waals surface area contributed by atoms with E-state index in [9.17, 15) is 8.42 Å². The van der Waals surface area contributed by atoms with Gasteiger partial charge in [0, 0.05) is 23.5 Å². The van der Waals surface area contributed by atoms with E-state index in [1.54, 1.807) is 0 Å². The van der Waals surface area contributed by atoms with Gasteiger partial charge in [-0.05, 0) is 55.3 Å². The van der Waals surface area contributed by atoms with Crippen molar-refractivity contribution in [1.29, 1.82) is 0 Å². The Balaban J connectivity index is 1.66. The highest BCUT2D eigenvalue weighted by Crippen LogP contribution is 2.45. The smallest absolute Gasteiger partial charge is 0.264 e. The van der Waals surface area contributed by atoms with Crippen molar-refractivity contribution in [3.05, 3.63) is 34.9 Å². The topological polar surface area (TPSA) is 46.6 Å². The van der Waals surface area contributed by atoms with E-state index >= 15 is 0 Å². The summed E-state index contributed by atoms with van der Waals surface area (Å²) in [4.78, 5) is 2.50. The number of hydrogen-bond acceptors (Lipinski definition) is 4. The molecule has 0 amide bonds. The van der Waals surface area contributed by atoms with Crippen molar-refractivity contribution in [1.82, 2.24) is 4.90 Å². The number of piperidine rings is 1. The Kier molecular flexibility index (Phi) is 5.78. The zero-order valence-corrected chi connectivity index (χ0v) is 16.7. The number of hydrogen-bond donors (Lipinski definition) is 0. The summed E-state index contributed by atoms with van der Waals surface area (Å²) < 4.78 is 27.7. The lowest BCUT2D eigenvalue weighted by Gasteiger charge is -2.48. The summed E-state index contributed by atoms with van der Waals surface area (Å²) in [6.45, 7) is 5.52. The first-order valence-corrected chi connectivity index (χ1v) is 11.3. The zero-order valence-electron chi connectivity index (χ0n) is 15.1. The summed E-state index contributed by atoms with van der Waals surface area (Å²) >= 11 is 6.05. The Morgan fingerprint density at radius 2 is 1.96 bits per heavy atom. The highest BCUT2D eigenvalue weighted by Gasteiger charge is 2.41. The fourth-order valence-electron chi connectivity index (χ4n) is 4.17. The molecule has 0 aromatic heterocycles. The summed E-state index contributed by atoms with van der Waals surface area (Å²) in [5.74, 6) is 0.761. The molecule has 1 aromatic carbocycles. The molecule has 25 heavy (non-hydrogen) atoms. The van der Waals surface area contributed by atoms with Gasteiger partial charge in [-0.3, -0.25) is 4.18 Å². The lowest BCUT2D eigenvalue weighted by atomic mass is 9.64. The van der Waals surface area contributed by atoms with Crippen LogP contribution in [0.15, 0.2) is 24.3 Å². The van der Waals surface area contributed by atoms with Gasteiger partial charge in [0.15, 0.2) is 0 Å². The number of rotatable bonds is 6. The molecule has 6 heteroatoms. The standard InChI is InChI=1S/C19H28ClNO3S/c1-15-8-11-21(12-16(15)13-24-25(2,22)23)14-19(9-3-10-19)17-4-6-18(20)7-5-17/h4-7,15-16H,3,8-14H2,1-2H3/t15-,16+/m1/s1. The van der Waals surface area contributed by atoms with Crippen LogP contribution in [0.3, 0.4) is 0 Å². The average Bonchev–Trinajstić information content (AvgIpc) is 2.51. The van der Waals surface area contributed by atoms with Gasteiger partial charge in [0.05, 0.1) is 12.9 Å². The molecule has 0 bridgehead atoms. The van der Waals surface area contributed by atoms with Crippen LogP contribution in [-0.2, 0) is 19.7 Å². The average molecular weight is 386 g/mol. The summed E-state index contributed by atoms with van der Waals surface area (Å²) in [6, 6.07) is 8.30. The van der Waals surface area contributed by atoms with Gasteiger partial charge in [0.25, 0.3) is 10.1 Å². The SMILES string of the molecule is C[C@@H]1CCN(CC2(c3ccc(Cl)cc3)CCC2)C[C@H]1COS(C)(=O)=O. The van der Waals surface area contributed by atoms with E-state index in [1.165, 1.54) is 24.8 Å². The third-order valence-corrected chi connectivity index (χ3v) is 6.80. The van der Waals surface area contributed by atoms with Gasteiger partial charge < -0.3 is 4.90 Å². The molecule has 140 valence electrons. The van der Waals surface area contributed by atoms with Crippen molar-refractivity contribution in [2.24, 2.45) is 11.8 Å². The minimum Gasteiger partial charge on any atom is -0.302 e. The molecule has 1 aromatic rings. The normalized spacial score (nSPS) is 27.0. The fourth-order valence-corrected chi connectivity index (χ4v) is 4.72. The second kappa shape index (κ2) is 7.55. The summed E-state index contributed by atoms with van der Waals surface area (Å²) in [5.41, 5.74) is 1.61. The van der Waals surface area contributed by atoms with E-state index in [0.717, 1.165) is 37.3 Å². The molecule has 1 heterocycles. The third kappa shape index (κ3) is 4.76. The van der Waals surface area contributed by atoms with E-state index in [4.69, 9.17) is 15.8 Å². The van der Waals surface area contributed by atoms with E-state index < -0.39 is 10.1 Å². The van der Waals surface area contributed by atoms with Crippen molar-refractivity contribution in [2.75, 3.05) is 32.5 Å². The maximum absolute atomic E-state index is 11.3. The first-order chi connectivity index (χ1) is 11.8. The van der Waals surface area contributed by atoms with Gasteiger partial charge >= 0.3 is 0 Å². The molecule has 3 rings (SSSR count). The maximum Gasteiger partial charge on any atom is 0.264 e. The molecule has 4 nitrogen and oxygen atoms in total. The van der Waals surface area contributed by atoms with Crippen molar-refractivity contribution in [2.45, 2.75) is 38.0 Å². The van der Waals surface area contributed by atoms with Crippen molar-refractivity contribution in [3.63, 3.8) is 0 Å². The number of likely N-dealkylation sites (tertiary alicyclic amines) is 1. The van der Waals surface area contributed by atoms with Crippen LogP contribution in [0.4, 0.5) is 0 Å². The molecule has 2 fully saturated rings. The van der Waals surface area contributed by atoms with E-state index in [0.29, 0.717) is 12.5 Å². The molecule has 2 atom stereocenters. The van der Waals surface area contributed by atoms with Crippen LogP contribution in [0.2, 0.25) is 5.02 Å². The van der Waals surface area contributed by atoms with Crippen LogP contribution >= 0.6 is 11.6 Å². The second-order valence-electron chi connectivity index (χ2n) is 7.89. The lowest BCUT2D eigenvalue weighted by Crippen LogP contribution is -2.50. The molecule has 0 spiro atoms. The number of nitrogens with zero attached hydrogens (tertiary/aromatic N) is 1. The summed E-state index contributed by atoms with van der Waals surface area (Å²) in [5, 5.41) is 0.781. The highest BCUT2D eigenvalue weighted by molar-refractivity contribution is 7.85. The quantitative estimate of drug-likeness (QED) is 0.700. The van der Waals surface area contributed by atoms with Crippen LogP contribution in [0, 0.1) is 11.8 Å². The van der Waals surface area contributed by atoms with E-state index in [2.05, 4.69) is 24.0 Å². The molecule has 1 aliphatic carbocycles. The fraction of sp³-hybridized carbons (Fsp3) is 0.684.